The lowest BCUT2D eigenvalue weighted by atomic mass is 9.95. The number of fused-ring (bicyclic) bond motifs is 11. The second-order valence-electron chi connectivity index (χ2n) is 7.98. The molecule has 0 saturated heterocycles. The van der Waals surface area contributed by atoms with E-state index < -0.39 is 0 Å². The minimum Gasteiger partial charge on any atom is -0.289 e. The van der Waals surface area contributed by atoms with Crippen LogP contribution in [0.1, 0.15) is 0 Å². The summed E-state index contributed by atoms with van der Waals surface area (Å²) in [5.41, 5.74) is 0.169. The molecular weight excluding hydrogens is 368 g/mol. The quantitative estimate of drug-likeness (QED) is 0.293. The van der Waals surface area contributed by atoms with E-state index in [1.165, 1.54) is 0 Å². The average molecular weight is 382 g/mol. The van der Waals surface area contributed by atoms with Gasteiger partial charge in [0, 0.05) is 32.3 Å². The largest absolute Gasteiger partial charge is 0.289 e. The zero-order chi connectivity index (χ0) is 20.0. The van der Waals surface area contributed by atoms with Gasteiger partial charge < -0.3 is 0 Å². The highest BCUT2D eigenvalue weighted by molar-refractivity contribution is 6.33. The molecule has 2 heteroatoms. The lowest BCUT2D eigenvalue weighted by Crippen LogP contribution is -1.93. The van der Waals surface area contributed by atoms with Gasteiger partial charge in [-0.25, -0.2) is 0 Å². The first kappa shape index (κ1) is 15.8. The molecule has 0 bridgehead atoms. The van der Waals surface area contributed by atoms with Crippen molar-refractivity contribution in [3.8, 4) is 0 Å². The maximum Gasteiger partial charge on any atom is 0.194 e. The van der Waals surface area contributed by atoms with Crippen molar-refractivity contribution in [3.63, 3.8) is 0 Å². The maximum atomic E-state index is 13.0. The highest BCUT2D eigenvalue weighted by Gasteiger charge is 2.17. The van der Waals surface area contributed by atoms with Gasteiger partial charge in [0.1, 0.15) is 0 Å². The van der Waals surface area contributed by atoms with Gasteiger partial charge in [0.2, 0.25) is 0 Å². The monoisotopic (exact) mass is 382 g/mol. The molecule has 7 aromatic rings. The highest BCUT2D eigenvalue weighted by Crippen LogP contribution is 2.39. The molecule has 138 valence electrons. The minimum absolute atomic E-state index is 0.0844. The first-order valence-electron chi connectivity index (χ1n) is 10.0. The normalized spacial score (nSPS) is 12.3. The maximum absolute atomic E-state index is 13.0. The van der Waals surface area contributed by atoms with Crippen molar-refractivity contribution < 1.29 is 0 Å². The molecule has 30 heavy (non-hydrogen) atoms. The summed E-state index contributed by atoms with van der Waals surface area (Å²) < 4.78 is 0. The Morgan fingerprint density at radius 1 is 0.333 bits per heavy atom. The topological polar surface area (TPSA) is 34.1 Å². The van der Waals surface area contributed by atoms with Crippen molar-refractivity contribution >= 4 is 64.6 Å². The number of benzene rings is 5. The third-order valence-electron chi connectivity index (χ3n) is 6.55. The van der Waals surface area contributed by atoms with Crippen LogP contribution in [-0.4, -0.2) is 0 Å². The molecule has 0 aliphatic carbocycles. The van der Waals surface area contributed by atoms with Crippen molar-refractivity contribution in [3.05, 3.63) is 105 Å². The number of hydrogen-bond acceptors (Lipinski definition) is 2. The minimum atomic E-state index is 0.0844. The second kappa shape index (κ2) is 5.31. The van der Waals surface area contributed by atoms with Gasteiger partial charge in [0.15, 0.2) is 10.9 Å². The predicted octanol–water partition coefficient (Wildman–Crippen LogP) is 6.20. The molecule has 0 amide bonds. The summed E-state index contributed by atoms with van der Waals surface area (Å²) in [6.07, 6.45) is 0. The molecule has 0 saturated carbocycles. The first-order valence-corrected chi connectivity index (χ1v) is 10.0. The fourth-order valence-electron chi connectivity index (χ4n) is 5.27. The molecule has 0 radical (unpaired) electrons. The van der Waals surface area contributed by atoms with E-state index in [-0.39, 0.29) is 10.9 Å². The zero-order valence-electron chi connectivity index (χ0n) is 15.9. The standard InChI is InChI=1S/C28H14O2/c29-27-20-7-3-1-5-16(20)25-19-11-9-15-10-12-23-26(24(15)18(19)13-14-22(25)27)17-6-2-4-8-21(17)28(23)30/h1-14H. The summed E-state index contributed by atoms with van der Waals surface area (Å²) in [7, 11) is 0. The Morgan fingerprint density at radius 2 is 0.733 bits per heavy atom. The Bertz CT molecular complexity index is 1930. The molecule has 0 atom stereocenters. The smallest absolute Gasteiger partial charge is 0.194 e. The van der Waals surface area contributed by atoms with Crippen LogP contribution in [0.3, 0.4) is 0 Å². The lowest BCUT2D eigenvalue weighted by molar-refractivity contribution is 1.80. The zero-order valence-corrected chi connectivity index (χ0v) is 15.9. The van der Waals surface area contributed by atoms with E-state index in [1.54, 1.807) is 0 Å². The van der Waals surface area contributed by atoms with Gasteiger partial charge in [0.25, 0.3) is 0 Å². The molecule has 0 unspecified atom stereocenters. The Hall–Kier alpha value is -4.04. The summed E-state index contributed by atoms with van der Waals surface area (Å²) in [5, 5.41) is 11.4. The summed E-state index contributed by atoms with van der Waals surface area (Å²) >= 11 is 0. The Labute approximate surface area is 170 Å². The van der Waals surface area contributed by atoms with Gasteiger partial charge >= 0.3 is 0 Å². The van der Waals surface area contributed by atoms with Gasteiger partial charge in [-0.05, 0) is 44.5 Å². The summed E-state index contributed by atoms with van der Waals surface area (Å²) in [6, 6.07) is 27.8. The Kier molecular flexibility index (Phi) is 2.80. The molecule has 0 aliphatic heterocycles. The van der Waals surface area contributed by atoms with E-state index in [9.17, 15) is 9.59 Å². The summed E-state index contributed by atoms with van der Waals surface area (Å²) in [6.45, 7) is 0. The molecule has 7 rings (SSSR count). The second-order valence-corrected chi connectivity index (χ2v) is 7.98. The molecule has 0 heterocycles. The first-order chi connectivity index (χ1) is 14.7. The van der Waals surface area contributed by atoms with Crippen LogP contribution in [0.15, 0.2) is 94.5 Å². The van der Waals surface area contributed by atoms with Crippen molar-refractivity contribution in [1.82, 2.24) is 0 Å². The summed E-state index contributed by atoms with van der Waals surface area (Å²) in [4.78, 5) is 26.0. The van der Waals surface area contributed by atoms with Gasteiger partial charge in [-0.2, -0.15) is 0 Å². The Balaban J connectivity index is 1.84. The molecule has 7 aromatic carbocycles. The van der Waals surface area contributed by atoms with E-state index >= 15 is 0 Å². The van der Waals surface area contributed by atoms with Gasteiger partial charge in [-0.15, -0.1) is 0 Å². The van der Waals surface area contributed by atoms with Gasteiger partial charge in [0.05, 0.1) is 0 Å². The molecule has 0 N–H and O–H groups in total. The van der Waals surface area contributed by atoms with Crippen LogP contribution >= 0.6 is 0 Å². The molecular formula is C28H14O2. The van der Waals surface area contributed by atoms with Crippen molar-refractivity contribution in [2.75, 3.05) is 0 Å². The molecule has 0 spiro atoms. The van der Waals surface area contributed by atoms with Crippen LogP contribution in [0.5, 0.6) is 0 Å². The highest BCUT2D eigenvalue weighted by atomic mass is 16.1. The van der Waals surface area contributed by atoms with E-state index in [1.807, 2.05) is 72.8 Å². The van der Waals surface area contributed by atoms with Crippen molar-refractivity contribution in [2.24, 2.45) is 0 Å². The van der Waals surface area contributed by atoms with Crippen LogP contribution < -0.4 is 10.9 Å². The van der Waals surface area contributed by atoms with Crippen molar-refractivity contribution in [1.29, 1.82) is 0 Å². The van der Waals surface area contributed by atoms with Crippen LogP contribution in [-0.2, 0) is 0 Å². The molecule has 0 aromatic heterocycles. The van der Waals surface area contributed by atoms with Crippen LogP contribution in [0, 0.1) is 0 Å². The number of rotatable bonds is 0. The van der Waals surface area contributed by atoms with E-state index in [0.717, 1.165) is 64.6 Å². The number of hydrogen-bond donors (Lipinski definition) is 0. The lowest BCUT2D eigenvalue weighted by Gasteiger charge is -2.08. The van der Waals surface area contributed by atoms with Gasteiger partial charge in [-0.3, -0.25) is 9.59 Å². The fourth-order valence-corrected chi connectivity index (χ4v) is 5.27. The van der Waals surface area contributed by atoms with Crippen molar-refractivity contribution in [2.45, 2.75) is 0 Å². The third kappa shape index (κ3) is 1.75. The van der Waals surface area contributed by atoms with Gasteiger partial charge in [-0.1, -0.05) is 72.8 Å². The van der Waals surface area contributed by atoms with Crippen LogP contribution in [0.2, 0.25) is 0 Å². The SMILES string of the molecule is O=c1c2ccccc2c2c1ccc1c2ccc2ccc3c(=O)c4ccccc4c3c21. The summed E-state index contributed by atoms with van der Waals surface area (Å²) in [5.74, 6) is 0. The average Bonchev–Trinajstić information content (AvgIpc) is 3.26. The van der Waals surface area contributed by atoms with E-state index in [4.69, 9.17) is 0 Å². The Morgan fingerprint density at radius 3 is 1.40 bits per heavy atom. The van der Waals surface area contributed by atoms with Crippen LogP contribution in [0.25, 0.3) is 64.6 Å². The molecule has 0 aliphatic rings. The van der Waals surface area contributed by atoms with E-state index in [0.29, 0.717) is 0 Å². The van der Waals surface area contributed by atoms with Crippen LogP contribution in [0.4, 0.5) is 0 Å². The molecule has 2 nitrogen and oxygen atoms in total. The molecule has 0 fully saturated rings. The predicted molar refractivity (Wildman–Crippen MR) is 126 cm³/mol. The van der Waals surface area contributed by atoms with E-state index in [2.05, 4.69) is 12.1 Å². The third-order valence-corrected chi connectivity index (χ3v) is 6.55. The fraction of sp³-hybridized carbons (Fsp3) is 0.